The van der Waals surface area contributed by atoms with Crippen LogP contribution in [0.1, 0.15) is 40.5 Å². The lowest BCUT2D eigenvalue weighted by molar-refractivity contribution is 0.0124. The predicted octanol–water partition coefficient (Wildman–Crippen LogP) is 2.98. The van der Waals surface area contributed by atoms with Crippen molar-refractivity contribution >= 4 is 6.09 Å². The molecule has 4 nitrogen and oxygen atoms in total. The van der Waals surface area contributed by atoms with Gasteiger partial charge in [-0.1, -0.05) is 12.2 Å². The Morgan fingerprint density at radius 3 is 2.67 bits per heavy atom. The molecule has 18 heavy (non-hydrogen) atoms. The highest BCUT2D eigenvalue weighted by molar-refractivity contribution is 5.68. The molecular formula is C14H25NO3. The molecule has 0 unspecified atom stereocenters. The van der Waals surface area contributed by atoms with Crippen LogP contribution in [0.4, 0.5) is 4.79 Å². The van der Waals surface area contributed by atoms with Crippen LogP contribution in [0.5, 0.6) is 0 Å². The van der Waals surface area contributed by atoms with Crippen molar-refractivity contribution in [1.82, 2.24) is 4.90 Å². The van der Waals surface area contributed by atoms with Crippen LogP contribution < -0.4 is 0 Å². The van der Waals surface area contributed by atoms with Crippen molar-refractivity contribution in [3.63, 3.8) is 0 Å². The van der Waals surface area contributed by atoms with E-state index in [4.69, 9.17) is 9.47 Å². The van der Waals surface area contributed by atoms with Gasteiger partial charge in [0.05, 0.1) is 19.3 Å². The van der Waals surface area contributed by atoms with Crippen LogP contribution in [0.3, 0.4) is 0 Å². The Hall–Kier alpha value is -1.03. The van der Waals surface area contributed by atoms with Gasteiger partial charge in [-0.15, -0.1) is 0 Å². The van der Waals surface area contributed by atoms with Gasteiger partial charge in [0.2, 0.25) is 0 Å². The lowest BCUT2D eigenvalue weighted by Gasteiger charge is -2.28. The number of hydrogen-bond donors (Lipinski definition) is 0. The normalized spacial score (nSPS) is 20.0. The molecule has 0 aromatic heterocycles. The number of amides is 1. The second-order valence-electron chi connectivity index (χ2n) is 5.94. The Labute approximate surface area is 110 Å². The topological polar surface area (TPSA) is 38.8 Å². The van der Waals surface area contributed by atoms with Gasteiger partial charge in [0, 0.05) is 6.54 Å². The van der Waals surface area contributed by atoms with Crippen molar-refractivity contribution in [3.8, 4) is 0 Å². The first kappa shape index (κ1) is 15.0. The van der Waals surface area contributed by atoms with Crippen LogP contribution in [-0.2, 0) is 9.47 Å². The number of likely N-dealkylation sites (tertiary alicyclic amines) is 1. The van der Waals surface area contributed by atoms with E-state index < -0.39 is 5.60 Å². The lowest BCUT2D eigenvalue weighted by Crippen LogP contribution is -2.41. The minimum absolute atomic E-state index is 0.138. The standard InChI is InChI=1S/C14H25NO3/c1-11(2)9-17-10-12-7-6-8-15(12)13(16)18-14(3,4)5/h12H,1,6-10H2,2-5H3/t12-/m1/s1. The van der Waals surface area contributed by atoms with Gasteiger partial charge in [-0.25, -0.2) is 4.79 Å². The van der Waals surface area contributed by atoms with E-state index in [2.05, 4.69) is 6.58 Å². The summed E-state index contributed by atoms with van der Waals surface area (Å²) < 4.78 is 10.9. The second kappa shape index (κ2) is 6.23. The summed E-state index contributed by atoms with van der Waals surface area (Å²) in [6.07, 6.45) is 1.76. The van der Waals surface area contributed by atoms with Gasteiger partial charge in [-0.2, -0.15) is 0 Å². The Bertz CT molecular complexity index is 307. The number of nitrogens with zero attached hydrogens (tertiary/aromatic N) is 1. The first-order chi connectivity index (χ1) is 8.29. The molecular weight excluding hydrogens is 230 g/mol. The third-order valence-corrected chi connectivity index (χ3v) is 2.66. The monoisotopic (exact) mass is 255 g/mol. The molecule has 1 rings (SSSR count). The van der Waals surface area contributed by atoms with Crippen molar-refractivity contribution in [2.45, 2.75) is 52.2 Å². The van der Waals surface area contributed by atoms with Crippen molar-refractivity contribution in [2.75, 3.05) is 19.8 Å². The number of ether oxygens (including phenoxy) is 2. The quantitative estimate of drug-likeness (QED) is 0.725. The highest BCUT2D eigenvalue weighted by Crippen LogP contribution is 2.21. The summed E-state index contributed by atoms with van der Waals surface area (Å²) >= 11 is 0. The summed E-state index contributed by atoms with van der Waals surface area (Å²) in [4.78, 5) is 13.8. The zero-order valence-electron chi connectivity index (χ0n) is 12.0. The molecule has 0 radical (unpaired) electrons. The van der Waals surface area contributed by atoms with Crippen LogP contribution in [0, 0.1) is 0 Å². The van der Waals surface area contributed by atoms with Gasteiger partial charge in [0.15, 0.2) is 0 Å². The minimum atomic E-state index is -0.442. The van der Waals surface area contributed by atoms with E-state index in [0.717, 1.165) is 25.0 Å². The van der Waals surface area contributed by atoms with Gasteiger partial charge in [0.1, 0.15) is 5.60 Å². The molecule has 0 aromatic rings. The van der Waals surface area contributed by atoms with E-state index in [1.165, 1.54) is 0 Å². The van der Waals surface area contributed by atoms with Crippen molar-refractivity contribution in [1.29, 1.82) is 0 Å². The summed E-state index contributed by atoms with van der Waals surface area (Å²) in [5, 5.41) is 0. The van der Waals surface area contributed by atoms with Gasteiger partial charge < -0.3 is 14.4 Å². The third kappa shape index (κ3) is 5.08. The van der Waals surface area contributed by atoms with Crippen LogP contribution >= 0.6 is 0 Å². The molecule has 1 saturated heterocycles. The molecule has 0 bridgehead atoms. The predicted molar refractivity (Wildman–Crippen MR) is 71.6 cm³/mol. The maximum absolute atomic E-state index is 12.0. The molecule has 4 heteroatoms. The van der Waals surface area contributed by atoms with Gasteiger partial charge >= 0.3 is 6.09 Å². The Balaban J connectivity index is 2.43. The molecule has 1 aliphatic heterocycles. The van der Waals surface area contributed by atoms with E-state index >= 15 is 0 Å². The second-order valence-corrected chi connectivity index (χ2v) is 5.94. The minimum Gasteiger partial charge on any atom is -0.444 e. The zero-order chi connectivity index (χ0) is 13.8. The fourth-order valence-corrected chi connectivity index (χ4v) is 1.94. The van der Waals surface area contributed by atoms with Crippen LogP contribution in [0.2, 0.25) is 0 Å². The van der Waals surface area contributed by atoms with Crippen LogP contribution in [-0.4, -0.2) is 42.4 Å². The van der Waals surface area contributed by atoms with E-state index in [1.807, 2.05) is 27.7 Å². The van der Waals surface area contributed by atoms with Crippen LogP contribution in [0.25, 0.3) is 0 Å². The number of carbonyl (C=O) groups is 1. The molecule has 0 saturated carbocycles. The van der Waals surface area contributed by atoms with E-state index in [-0.39, 0.29) is 12.1 Å². The molecule has 0 N–H and O–H groups in total. The van der Waals surface area contributed by atoms with Crippen molar-refractivity contribution < 1.29 is 14.3 Å². The number of rotatable bonds is 4. The summed E-state index contributed by atoms with van der Waals surface area (Å²) in [7, 11) is 0. The van der Waals surface area contributed by atoms with Crippen molar-refractivity contribution in [3.05, 3.63) is 12.2 Å². The molecule has 1 atom stereocenters. The van der Waals surface area contributed by atoms with Gasteiger partial charge in [0.25, 0.3) is 0 Å². The summed E-state index contributed by atoms with van der Waals surface area (Å²) in [6.45, 7) is 13.2. The molecule has 1 heterocycles. The highest BCUT2D eigenvalue weighted by Gasteiger charge is 2.32. The average Bonchev–Trinajstić information content (AvgIpc) is 2.62. The summed E-state index contributed by atoms with van der Waals surface area (Å²) in [5.74, 6) is 0. The smallest absolute Gasteiger partial charge is 0.410 e. The number of carbonyl (C=O) groups excluding carboxylic acids is 1. The largest absolute Gasteiger partial charge is 0.444 e. The third-order valence-electron chi connectivity index (χ3n) is 2.66. The Morgan fingerprint density at radius 2 is 2.11 bits per heavy atom. The first-order valence-corrected chi connectivity index (χ1v) is 6.51. The average molecular weight is 255 g/mol. The highest BCUT2D eigenvalue weighted by atomic mass is 16.6. The Kier molecular flexibility index (Phi) is 5.20. The molecule has 0 aromatic carbocycles. The van der Waals surface area contributed by atoms with E-state index in [1.54, 1.807) is 4.90 Å². The van der Waals surface area contributed by atoms with Gasteiger partial charge in [-0.3, -0.25) is 0 Å². The van der Waals surface area contributed by atoms with Crippen LogP contribution in [0.15, 0.2) is 12.2 Å². The molecule has 1 amide bonds. The molecule has 1 aliphatic rings. The summed E-state index contributed by atoms with van der Waals surface area (Å²) in [6, 6.07) is 0.138. The number of hydrogen-bond acceptors (Lipinski definition) is 3. The van der Waals surface area contributed by atoms with E-state index in [0.29, 0.717) is 13.2 Å². The lowest BCUT2D eigenvalue weighted by atomic mass is 10.2. The first-order valence-electron chi connectivity index (χ1n) is 6.51. The van der Waals surface area contributed by atoms with E-state index in [9.17, 15) is 4.79 Å². The molecule has 104 valence electrons. The molecule has 1 fully saturated rings. The molecule has 0 aliphatic carbocycles. The zero-order valence-corrected chi connectivity index (χ0v) is 12.0. The summed E-state index contributed by atoms with van der Waals surface area (Å²) in [5.41, 5.74) is 0.555. The van der Waals surface area contributed by atoms with Gasteiger partial charge in [-0.05, 0) is 40.5 Å². The maximum atomic E-state index is 12.0. The Morgan fingerprint density at radius 1 is 1.44 bits per heavy atom. The fourth-order valence-electron chi connectivity index (χ4n) is 1.94. The maximum Gasteiger partial charge on any atom is 0.410 e. The molecule has 0 spiro atoms. The SMILES string of the molecule is C=C(C)COC[C@H]1CCCN1C(=O)OC(C)(C)C. The van der Waals surface area contributed by atoms with Crippen molar-refractivity contribution in [2.24, 2.45) is 0 Å². The fraction of sp³-hybridized carbons (Fsp3) is 0.786.